The van der Waals surface area contributed by atoms with Crippen molar-refractivity contribution in [2.24, 2.45) is 11.8 Å². The lowest BCUT2D eigenvalue weighted by atomic mass is 9.93. The molecule has 0 saturated heterocycles. The van der Waals surface area contributed by atoms with Gasteiger partial charge in [0.15, 0.2) is 0 Å². The zero-order valence-electron chi connectivity index (χ0n) is 11.4. The molecule has 18 heavy (non-hydrogen) atoms. The molecule has 2 nitrogen and oxygen atoms in total. The Bertz CT molecular complexity index is 358. The van der Waals surface area contributed by atoms with Crippen molar-refractivity contribution in [3.8, 4) is 5.75 Å². The Morgan fingerprint density at radius 2 is 1.94 bits per heavy atom. The minimum Gasteiger partial charge on any atom is -0.494 e. The van der Waals surface area contributed by atoms with Gasteiger partial charge in [-0.1, -0.05) is 31.9 Å². The van der Waals surface area contributed by atoms with Gasteiger partial charge in [-0.25, -0.2) is 0 Å². The van der Waals surface area contributed by atoms with Crippen LogP contribution in [-0.4, -0.2) is 11.7 Å². The fraction of sp³-hybridized carbons (Fsp3) is 0.625. The summed E-state index contributed by atoms with van der Waals surface area (Å²) in [5.41, 5.74) is 1.03. The summed E-state index contributed by atoms with van der Waals surface area (Å²) in [6.07, 6.45) is 4.54. The van der Waals surface area contributed by atoms with Crippen LogP contribution in [0.5, 0.6) is 5.75 Å². The minimum absolute atomic E-state index is 0.308. The van der Waals surface area contributed by atoms with Crippen molar-refractivity contribution in [3.63, 3.8) is 0 Å². The summed E-state index contributed by atoms with van der Waals surface area (Å²) in [4.78, 5) is 0. The molecule has 1 aromatic carbocycles. The molecule has 1 aromatic rings. The van der Waals surface area contributed by atoms with Gasteiger partial charge in [0.2, 0.25) is 0 Å². The van der Waals surface area contributed by atoms with E-state index in [-0.39, 0.29) is 6.10 Å². The lowest BCUT2D eigenvalue weighted by molar-refractivity contribution is 0.109. The smallest absolute Gasteiger partial charge is 0.119 e. The molecule has 1 fully saturated rings. The topological polar surface area (TPSA) is 29.5 Å². The molecule has 0 heterocycles. The number of hydrogen-bond acceptors (Lipinski definition) is 2. The van der Waals surface area contributed by atoms with Crippen LogP contribution in [0.4, 0.5) is 0 Å². The Morgan fingerprint density at radius 1 is 1.22 bits per heavy atom. The van der Waals surface area contributed by atoms with Crippen LogP contribution < -0.4 is 4.74 Å². The average Bonchev–Trinajstić information content (AvgIpc) is 2.88. The molecule has 0 amide bonds. The van der Waals surface area contributed by atoms with E-state index in [1.54, 1.807) is 0 Å². The second-order valence-corrected chi connectivity index (χ2v) is 5.29. The molecule has 1 saturated carbocycles. The van der Waals surface area contributed by atoms with Gasteiger partial charge in [-0.3, -0.25) is 0 Å². The highest BCUT2D eigenvalue weighted by Crippen LogP contribution is 2.40. The first-order valence-corrected chi connectivity index (χ1v) is 7.15. The number of ether oxygens (including phenoxy) is 1. The van der Waals surface area contributed by atoms with Gasteiger partial charge in [0, 0.05) is 0 Å². The van der Waals surface area contributed by atoms with Crippen LogP contribution in [0.3, 0.4) is 0 Å². The Labute approximate surface area is 110 Å². The van der Waals surface area contributed by atoms with E-state index in [2.05, 4.69) is 6.92 Å². The highest BCUT2D eigenvalue weighted by Gasteiger charge is 2.29. The van der Waals surface area contributed by atoms with E-state index < -0.39 is 0 Å². The quantitative estimate of drug-likeness (QED) is 0.855. The number of benzene rings is 1. The number of rotatable bonds is 5. The van der Waals surface area contributed by atoms with Gasteiger partial charge in [-0.2, -0.15) is 0 Å². The van der Waals surface area contributed by atoms with Gasteiger partial charge in [-0.05, 0) is 49.3 Å². The summed E-state index contributed by atoms with van der Waals surface area (Å²) in [6, 6.07) is 7.90. The third-order valence-corrected chi connectivity index (χ3v) is 4.14. The van der Waals surface area contributed by atoms with E-state index in [9.17, 15) is 5.11 Å². The predicted octanol–water partition coefficient (Wildman–Crippen LogP) is 3.95. The zero-order chi connectivity index (χ0) is 13.0. The fourth-order valence-corrected chi connectivity index (χ4v) is 2.97. The average molecular weight is 248 g/mol. The van der Waals surface area contributed by atoms with Gasteiger partial charge in [0.25, 0.3) is 0 Å². The van der Waals surface area contributed by atoms with Gasteiger partial charge >= 0.3 is 0 Å². The van der Waals surface area contributed by atoms with Crippen LogP contribution in [0.2, 0.25) is 0 Å². The van der Waals surface area contributed by atoms with Crippen molar-refractivity contribution in [2.75, 3.05) is 6.61 Å². The first-order valence-electron chi connectivity index (χ1n) is 7.15. The number of aliphatic hydroxyl groups is 1. The highest BCUT2D eigenvalue weighted by atomic mass is 16.5. The van der Waals surface area contributed by atoms with E-state index in [1.165, 1.54) is 19.3 Å². The van der Waals surface area contributed by atoms with Gasteiger partial charge < -0.3 is 9.84 Å². The maximum atomic E-state index is 10.4. The molecular weight excluding hydrogens is 224 g/mol. The van der Waals surface area contributed by atoms with Crippen molar-refractivity contribution in [2.45, 2.75) is 45.6 Å². The largest absolute Gasteiger partial charge is 0.494 e. The van der Waals surface area contributed by atoms with E-state index in [1.807, 2.05) is 31.2 Å². The minimum atomic E-state index is -0.308. The molecule has 3 atom stereocenters. The van der Waals surface area contributed by atoms with Crippen molar-refractivity contribution < 1.29 is 9.84 Å². The van der Waals surface area contributed by atoms with Crippen LogP contribution in [0.1, 0.15) is 51.2 Å². The lowest BCUT2D eigenvalue weighted by Crippen LogP contribution is -2.09. The third kappa shape index (κ3) is 3.05. The Balaban J connectivity index is 1.98. The maximum Gasteiger partial charge on any atom is 0.119 e. The molecule has 1 aliphatic rings. The van der Waals surface area contributed by atoms with E-state index in [4.69, 9.17) is 4.74 Å². The van der Waals surface area contributed by atoms with Crippen molar-refractivity contribution in [3.05, 3.63) is 29.8 Å². The predicted molar refractivity (Wildman–Crippen MR) is 73.7 cm³/mol. The van der Waals surface area contributed by atoms with Crippen molar-refractivity contribution in [1.82, 2.24) is 0 Å². The molecule has 0 aliphatic heterocycles. The molecule has 2 rings (SSSR count). The van der Waals surface area contributed by atoms with Gasteiger partial charge in [-0.15, -0.1) is 0 Å². The van der Waals surface area contributed by atoms with E-state index >= 15 is 0 Å². The lowest BCUT2D eigenvalue weighted by Gasteiger charge is -2.19. The molecule has 0 spiro atoms. The summed E-state index contributed by atoms with van der Waals surface area (Å²) in [6.45, 7) is 4.91. The molecule has 1 aliphatic carbocycles. The number of hydrogen-bond donors (Lipinski definition) is 1. The monoisotopic (exact) mass is 248 g/mol. The van der Waals surface area contributed by atoms with Crippen molar-refractivity contribution in [1.29, 1.82) is 0 Å². The van der Waals surface area contributed by atoms with Crippen molar-refractivity contribution >= 4 is 0 Å². The van der Waals surface area contributed by atoms with Crippen LogP contribution in [0, 0.1) is 11.8 Å². The molecule has 2 heteroatoms. The maximum absolute atomic E-state index is 10.4. The van der Waals surface area contributed by atoms with Crippen LogP contribution in [-0.2, 0) is 0 Å². The van der Waals surface area contributed by atoms with Crippen LogP contribution in [0.25, 0.3) is 0 Å². The van der Waals surface area contributed by atoms with E-state index in [0.29, 0.717) is 12.5 Å². The summed E-state index contributed by atoms with van der Waals surface area (Å²) < 4.78 is 5.42. The standard InChI is InChI=1S/C16H24O2/c1-3-12-5-6-14(11-12)16(17)13-7-9-15(10-8-13)18-4-2/h7-10,12,14,16-17H,3-6,11H2,1-2H3. The summed E-state index contributed by atoms with van der Waals surface area (Å²) in [5, 5.41) is 10.4. The molecule has 0 radical (unpaired) electrons. The molecule has 1 N–H and O–H groups in total. The SMILES string of the molecule is CCOc1ccc(C(O)C2CCC(CC)C2)cc1. The van der Waals surface area contributed by atoms with Gasteiger partial charge in [0.05, 0.1) is 12.7 Å². The third-order valence-electron chi connectivity index (χ3n) is 4.14. The first kappa shape index (κ1) is 13.4. The Hall–Kier alpha value is -1.02. The Morgan fingerprint density at radius 3 is 2.50 bits per heavy atom. The first-order chi connectivity index (χ1) is 8.74. The summed E-state index contributed by atoms with van der Waals surface area (Å²) in [5.74, 6) is 2.13. The fourth-order valence-electron chi connectivity index (χ4n) is 2.97. The highest BCUT2D eigenvalue weighted by molar-refractivity contribution is 5.28. The van der Waals surface area contributed by atoms with Gasteiger partial charge in [0.1, 0.15) is 5.75 Å². The summed E-state index contributed by atoms with van der Waals surface area (Å²) >= 11 is 0. The normalized spacial score (nSPS) is 25.1. The Kier molecular flexibility index (Phi) is 4.65. The van der Waals surface area contributed by atoms with E-state index in [0.717, 1.165) is 23.7 Å². The molecular formula is C16H24O2. The second kappa shape index (κ2) is 6.24. The zero-order valence-corrected chi connectivity index (χ0v) is 11.4. The number of aliphatic hydroxyl groups excluding tert-OH is 1. The molecule has 0 bridgehead atoms. The molecule has 3 unspecified atom stereocenters. The molecule has 100 valence electrons. The van der Waals surface area contributed by atoms with Crippen LogP contribution in [0.15, 0.2) is 24.3 Å². The van der Waals surface area contributed by atoms with Crippen LogP contribution >= 0.6 is 0 Å². The second-order valence-electron chi connectivity index (χ2n) is 5.29. The molecule has 0 aromatic heterocycles. The summed E-state index contributed by atoms with van der Waals surface area (Å²) in [7, 11) is 0.